The summed E-state index contributed by atoms with van der Waals surface area (Å²) in [5.74, 6) is 2.79. The van der Waals surface area contributed by atoms with Crippen LogP contribution < -0.4 is 0 Å². The Hall–Kier alpha value is -5.62. The molecular formula is C35H24N6. The molecule has 0 aliphatic heterocycles. The molecule has 0 saturated carbocycles. The summed E-state index contributed by atoms with van der Waals surface area (Å²) in [6, 6.07) is 40.4. The standard InChI is InChI=1S/C35H24N6/c1-38-21-8-15-33(38)39-22-20-23-16-18-32(36-34(23)39)41-30-14-7-4-11-26(30)27-17-19-31(37-35(27)41)40-28-12-5-2-9-24(28)25-10-3-6-13-29(25)40/h2-22H,1H3. The number of fused-ring (bicyclic) bond motifs is 7. The maximum absolute atomic E-state index is 5.36. The van der Waals surface area contributed by atoms with Gasteiger partial charge in [0.25, 0.3) is 0 Å². The van der Waals surface area contributed by atoms with Crippen molar-refractivity contribution in [3.8, 4) is 17.5 Å². The summed E-state index contributed by atoms with van der Waals surface area (Å²) < 4.78 is 8.71. The predicted molar refractivity (Wildman–Crippen MR) is 167 cm³/mol. The predicted octanol–water partition coefficient (Wildman–Crippen LogP) is 7.95. The Morgan fingerprint density at radius 3 is 1.73 bits per heavy atom. The van der Waals surface area contributed by atoms with Gasteiger partial charge in [-0.2, -0.15) is 0 Å². The van der Waals surface area contributed by atoms with E-state index < -0.39 is 0 Å². The monoisotopic (exact) mass is 528 g/mol. The molecule has 3 aromatic carbocycles. The molecule has 0 unspecified atom stereocenters. The van der Waals surface area contributed by atoms with Crippen LogP contribution >= 0.6 is 0 Å². The third-order valence-electron chi connectivity index (χ3n) is 8.23. The number of para-hydroxylation sites is 3. The molecule has 0 atom stereocenters. The molecule has 0 fully saturated rings. The molecule has 0 aliphatic carbocycles. The number of aryl methyl sites for hydroxylation is 1. The lowest BCUT2D eigenvalue weighted by Gasteiger charge is -2.11. The minimum absolute atomic E-state index is 0.838. The van der Waals surface area contributed by atoms with Gasteiger partial charge in [0.1, 0.15) is 28.7 Å². The molecule has 9 rings (SSSR count). The number of benzene rings is 3. The van der Waals surface area contributed by atoms with Crippen molar-refractivity contribution in [1.82, 2.24) is 28.2 Å². The van der Waals surface area contributed by atoms with Gasteiger partial charge in [-0.15, -0.1) is 0 Å². The molecule has 0 spiro atoms. The lowest BCUT2D eigenvalue weighted by molar-refractivity contribution is 0.853. The lowest BCUT2D eigenvalue weighted by Crippen LogP contribution is -2.04. The van der Waals surface area contributed by atoms with Crippen LogP contribution in [0.5, 0.6) is 0 Å². The highest BCUT2D eigenvalue weighted by Crippen LogP contribution is 2.35. The van der Waals surface area contributed by atoms with Crippen LogP contribution in [0.25, 0.3) is 72.2 Å². The maximum atomic E-state index is 5.36. The summed E-state index contributed by atoms with van der Waals surface area (Å²) in [7, 11) is 2.05. The Balaban J connectivity index is 1.35. The number of aromatic nitrogens is 6. The first-order valence-corrected chi connectivity index (χ1v) is 13.8. The largest absolute Gasteiger partial charge is 0.337 e. The first kappa shape index (κ1) is 22.2. The van der Waals surface area contributed by atoms with Crippen LogP contribution in [-0.2, 0) is 7.05 Å². The van der Waals surface area contributed by atoms with Gasteiger partial charge in [0.15, 0.2) is 0 Å². The van der Waals surface area contributed by atoms with Gasteiger partial charge < -0.3 is 4.57 Å². The SMILES string of the molecule is Cn1cccc1-n1ccc2ccc(-n3c4ccccc4c4ccc(-n5c6ccccc6c6ccccc65)nc43)nc21. The number of rotatable bonds is 3. The number of pyridine rings is 2. The summed E-state index contributed by atoms with van der Waals surface area (Å²) in [4.78, 5) is 10.6. The van der Waals surface area contributed by atoms with E-state index in [0.29, 0.717) is 0 Å². The summed E-state index contributed by atoms with van der Waals surface area (Å²) in [6.45, 7) is 0. The van der Waals surface area contributed by atoms with Crippen LogP contribution in [-0.4, -0.2) is 28.2 Å². The molecule has 0 N–H and O–H groups in total. The molecule has 6 aromatic heterocycles. The number of nitrogens with zero attached hydrogens (tertiary/aromatic N) is 6. The van der Waals surface area contributed by atoms with Gasteiger partial charge in [0, 0.05) is 46.4 Å². The fraction of sp³-hybridized carbons (Fsp3) is 0.0286. The number of hydrogen-bond donors (Lipinski definition) is 0. The van der Waals surface area contributed by atoms with Gasteiger partial charge in [-0.1, -0.05) is 54.6 Å². The average molecular weight is 529 g/mol. The van der Waals surface area contributed by atoms with Crippen LogP contribution in [0.1, 0.15) is 0 Å². The second kappa shape index (κ2) is 8.19. The van der Waals surface area contributed by atoms with E-state index in [9.17, 15) is 0 Å². The van der Waals surface area contributed by atoms with Crippen LogP contribution in [0.4, 0.5) is 0 Å². The van der Waals surface area contributed by atoms with E-state index in [-0.39, 0.29) is 0 Å². The Morgan fingerprint density at radius 1 is 0.463 bits per heavy atom. The molecule has 9 aromatic rings. The first-order chi connectivity index (χ1) is 20.3. The highest BCUT2D eigenvalue weighted by Gasteiger charge is 2.18. The van der Waals surface area contributed by atoms with E-state index in [1.165, 1.54) is 10.8 Å². The molecule has 194 valence electrons. The zero-order valence-corrected chi connectivity index (χ0v) is 22.3. The van der Waals surface area contributed by atoms with E-state index in [0.717, 1.165) is 61.5 Å². The minimum Gasteiger partial charge on any atom is -0.337 e. The van der Waals surface area contributed by atoms with Crippen LogP contribution in [0.15, 0.2) is 128 Å². The Labute approximate surface area is 234 Å². The molecule has 0 radical (unpaired) electrons. The van der Waals surface area contributed by atoms with Crippen molar-refractivity contribution in [3.05, 3.63) is 128 Å². The van der Waals surface area contributed by atoms with E-state index >= 15 is 0 Å². The highest BCUT2D eigenvalue weighted by atomic mass is 15.2. The van der Waals surface area contributed by atoms with Gasteiger partial charge in [-0.05, 0) is 60.7 Å². The zero-order chi connectivity index (χ0) is 27.1. The van der Waals surface area contributed by atoms with Crippen LogP contribution in [0.2, 0.25) is 0 Å². The highest BCUT2D eigenvalue weighted by molar-refractivity contribution is 6.10. The van der Waals surface area contributed by atoms with Crippen LogP contribution in [0.3, 0.4) is 0 Å². The van der Waals surface area contributed by atoms with Crippen molar-refractivity contribution in [2.24, 2.45) is 7.05 Å². The quantitative estimate of drug-likeness (QED) is 0.234. The third kappa shape index (κ3) is 3.07. The van der Waals surface area contributed by atoms with Crippen molar-refractivity contribution in [3.63, 3.8) is 0 Å². The second-order valence-electron chi connectivity index (χ2n) is 10.5. The fourth-order valence-corrected chi connectivity index (χ4v) is 6.36. The van der Waals surface area contributed by atoms with Gasteiger partial charge in [-0.25, -0.2) is 9.97 Å². The van der Waals surface area contributed by atoms with E-state index in [1.807, 2.05) is 0 Å². The maximum Gasteiger partial charge on any atom is 0.149 e. The Kier molecular flexibility index (Phi) is 4.44. The van der Waals surface area contributed by atoms with Crippen molar-refractivity contribution >= 4 is 54.8 Å². The molecule has 41 heavy (non-hydrogen) atoms. The summed E-state index contributed by atoms with van der Waals surface area (Å²) in [5.41, 5.74) is 5.16. The number of hydrogen-bond acceptors (Lipinski definition) is 2. The molecule has 0 amide bonds. The fourth-order valence-electron chi connectivity index (χ4n) is 6.36. The molecular weight excluding hydrogens is 504 g/mol. The van der Waals surface area contributed by atoms with Crippen molar-refractivity contribution in [1.29, 1.82) is 0 Å². The minimum atomic E-state index is 0.838. The van der Waals surface area contributed by atoms with E-state index in [1.54, 1.807) is 0 Å². The Morgan fingerprint density at radius 2 is 1.05 bits per heavy atom. The van der Waals surface area contributed by atoms with Gasteiger partial charge in [0.05, 0.1) is 16.6 Å². The van der Waals surface area contributed by atoms with Gasteiger partial charge in [0.2, 0.25) is 0 Å². The summed E-state index contributed by atoms with van der Waals surface area (Å²) >= 11 is 0. The third-order valence-corrected chi connectivity index (χ3v) is 8.23. The van der Waals surface area contributed by atoms with Crippen molar-refractivity contribution < 1.29 is 0 Å². The molecule has 6 nitrogen and oxygen atoms in total. The second-order valence-corrected chi connectivity index (χ2v) is 10.5. The lowest BCUT2D eigenvalue weighted by atomic mass is 10.2. The van der Waals surface area contributed by atoms with Gasteiger partial charge in [-0.3, -0.25) is 13.7 Å². The first-order valence-electron chi connectivity index (χ1n) is 13.8. The topological polar surface area (TPSA) is 45.5 Å². The smallest absolute Gasteiger partial charge is 0.149 e. The Bertz CT molecular complexity index is 2400. The van der Waals surface area contributed by atoms with Gasteiger partial charge >= 0.3 is 0 Å². The molecule has 0 saturated heterocycles. The normalized spacial score (nSPS) is 12.0. The molecule has 6 heteroatoms. The molecule has 0 bridgehead atoms. The summed E-state index contributed by atoms with van der Waals surface area (Å²) in [6.07, 6.45) is 4.14. The van der Waals surface area contributed by atoms with E-state index in [4.69, 9.17) is 9.97 Å². The van der Waals surface area contributed by atoms with E-state index in [2.05, 4.69) is 153 Å². The molecule has 6 heterocycles. The zero-order valence-electron chi connectivity index (χ0n) is 22.3. The molecule has 0 aliphatic rings. The van der Waals surface area contributed by atoms with Crippen molar-refractivity contribution in [2.45, 2.75) is 0 Å². The van der Waals surface area contributed by atoms with Crippen LogP contribution in [0, 0.1) is 0 Å². The summed E-state index contributed by atoms with van der Waals surface area (Å²) in [5, 5.41) is 5.79. The van der Waals surface area contributed by atoms with Crippen molar-refractivity contribution in [2.75, 3.05) is 0 Å². The average Bonchev–Trinajstić information content (AvgIpc) is 3.78.